The van der Waals surface area contributed by atoms with Gasteiger partial charge in [0.1, 0.15) is 18.0 Å². The van der Waals surface area contributed by atoms with E-state index in [0.29, 0.717) is 19.3 Å². The molecule has 0 aliphatic carbocycles. The topological polar surface area (TPSA) is 43.6 Å². The first kappa shape index (κ1) is 16.0. The summed E-state index contributed by atoms with van der Waals surface area (Å²) in [5.41, 5.74) is 2.10. The molecule has 0 bridgehead atoms. The Kier molecular flexibility index (Phi) is 5.79. The monoisotopic (exact) mass is 291 g/mol. The number of hydrogen-bond donors (Lipinski definition) is 1. The van der Waals surface area contributed by atoms with Gasteiger partial charge in [-0.05, 0) is 13.0 Å². The zero-order valence-corrected chi connectivity index (χ0v) is 13.3. The Morgan fingerprint density at radius 2 is 1.95 bits per heavy atom. The quantitative estimate of drug-likeness (QED) is 0.808. The molecule has 21 heavy (non-hydrogen) atoms. The first-order chi connectivity index (χ1) is 10.1. The maximum absolute atomic E-state index is 5.95. The van der Waals surface area contributed by atoms with Crippen LogP contribution in [-0.2, 0) is 22.6 Å². The summed E-state index contributed by atoms with van der Waals surface area (Å²) in [5, 5.41) is 4.61. The molecule has 1 unspecified atom stereocenters. The smallest absolute Gasteiger partial charge is 0.135 e. The summed E-state index contributed by atoms with van der Waals surface area (Å²) < 4.78 is 16.8. The van der Waals surface area contributed by atoms with Gasteiger partial charge in [-0.25, -0.2) is 0 Å². The lowest BCUT2D eigenvalue weighted by atomic mass is 10.1. The van der Waals surface area contributed by atoms with E-state index in [2.05, 4.69) is 25.2 Å². The van der Waals surface area contributed by atoms with Crippen LogP contribution >= 0.6 is 0 Å². The molecule has 0 spiro atoms. The maximum Gasteiger partial charge on any atom is 0.135 e. The molecule has 0 amide bonds. The number of nitrogens with one attached hydrogen (secondary N) is 1. The third kappa shape index (κ3) is 4.30. The number of fused-ring (bicyclic) bond motifs is 1. The van der Waals surface area contributed by atoms with Crippen LogP contribution in [0.1, 0.15) is 32.1 Å². The average molecular weight is 291 g/mol. The van der Waals surface area contributed by atoms with Gasteiger partial charge < -0.3 is 19.2 Å². The van der Waals surface area contributed by atoms with Crippen molar-refractivity contribution in [3.8, 4) is 0 Å². The first-order valence-corrected chi connectivity index (χ1v) is 7.45. The number of ether oxygens (including phenoxy) is 2. The summed E-state index contributed by atoms with van der Waals surface area (Å²) in [6.07, 6.45) is 0.0501. The van der Waals surface area contributed by atoms with Gasteiger partial charge in [-0.15, -0.1) is 0 Å². The molecule has 0 saturated carbocycles. The minimum absolute atomic E-state index is 0.0501. The Hall–Kier alpha value is -1.36. The number of rotatable bonds is 8. The summed E-state index contributed by atoms with van der Waals surface area (Å²) >= 11 is 0. The molecule has 0 aliphatic rings. The van der Waals surface area contributed by atoms with Crippen molar-refractivity contribution in [3.63, 3.8) is 0 Å². The van der Waals surface area contributed by atoms with Gasteiger partial charge in [0.25, 0.3) is 0 Å². The van der Waals surface area contributed by atoms with Crippen LogP contribution in [0.3, 0.4) is 0 Å². The van der Waals surface area contributed by atoms with Crippen molar-refractivity contribution in [3.05, 3.63) is 35.6 Å². The maximum atomic E-state index is 5.95. The summed E-state index contributed by atoms with van der Waals surface area (Å²) in [6.45, 7) is 8.11. The fraction of sp³-hybridized carbons (Fsp3) is 0.529. The molecule has 116 valence electrons. The molecule has 0 saturated heterocycles. The summed E-state index contributed by atoms with van der Waals surface area (Å²) in [4.78, 5) is 0. The highest BCUT2D eigenvalue weighted by atomic mass is 16.5. The predicted molar refractivity (Wildman–Crippen MR) is 84.3 cm³/mol. The molecule has 0 aliphatic heterocycles. The summed E-state index contributed by atoms with van der Waals surface area (Å²) in [7, 11) is 1.68. The van der Waals surface area contributed by atoms with Crippen LogP contribution in [0.5, 0.6) is 0 Å². The molecule has 1 atom stereocenters. The van der Waals surface area contributed by atoms with Crippen molar-refractivity contribution in [2.24, 2.45) is 0 Å². The van der Waals surface area contributed by atoms with Crippen molar-refractivity contribution >= 4 is 11.0 Å². The second-order valence-corrected chi connectivity index (χ2v) is 5.61. The largest absolute Gasteiger partial charge is 0.458 e. The lowest BCUT2D eigenvalue weighted by Gasteiger charge is -2.12. The van der Waals surface area contributed by atoms with Gasteiger partial charge in [0.05, 0.1) is 12.7 Å². The minimum Gasteiger partial charge on any atom is -0.458 e. The highest BCUT2D eigenvalue weighted by Crippen LogP contribution is 2.26. The van der Waals surface area contributed by atoms with Gasteiger partial charge in [-0.1, -0.05) is 32.0 Å². The SMILES string of the molecule is COCC(C)OCc1oc2ccccc2c1CNC(C)C. The van der Waals surface area contributed by atoms with E-state index in [1.807, 2.05) is 25.1 Å². The van der Waals surface area contributed by atoms with Gasteiger partial charge in [0, 0.05) is 30.6 Å². The molecule has 2 aromatic rings. The normalized spacial score (nSPS) is 13.2. The molecule has 1 heterocycles. The molecule has 4 heteroatoms. The molecule has 0 radical (unpaired) electrons. The number of benzene rings is 1. The van der Waals surface area contributed by atoms with E-state index in [9.17, 15) is 0 Å². The molecule has 1 aromatic heterocycles. The Morgan fingerprint density at radius 1 is 1.19 bits per heavy atom. The Morgan fingerprint density at radius 3 is 2.67 bits per heavy atom. The highest BCUT2D eigenvalue weighted by molar-refractivity contribution is 5.82. The third-order valence-electron chi connectivity index (χ3n) is 3.37. The number of hydrogen-bond acceptors (Lipinski definition) is 4. The molecule has 2 rings (SSSR count). The van der Waals surface area contributed by atoms with Crippen LogP contribution in [0.4, 0.5) is 0 Å². The van der Waals surface area contributed by atoms with Crippen LogP contribution in [0.15, 0.2) is 28.7 Å². The zero-order chi connectivity index (χ0) is 15.2. The standard InChI is InChI=1S/C17H25NO3/c1-12(2)18-9-15-14-7-5-6-8-16(14)21-17(15)11-20-13(3)10-19-4/h5-8,12-13,18H,9-11H2,1-4H3. The van der Waals surface area contributed by atoms with Crippen LogP contribution < -0.4 is 5.32 Å². The van der Waals surface area contributed by atoms with Crippen LogP contribution in [0.25, 0.3) is 11.0 Å². The first-order valence-electron chi connectivity index (χ1n) is 7.45. The average Bonchev–Trinajstić information content (AvgIpc) is 2.81. The fourth-order valence-corrected chi connectivity index (χ4v) is 2.27. The van der Waals surface area contributed by atoms with E-state index in [4.69, 9.17) is 13.9 Å². The Balaban J connectivity index is 2.18. The fourth-order valence-electron chi connectivity index (χ4n) is 2.27. The Bertz CT molecular complexity index is 562. The van der Waals surface area contributed by atoms with Gasteiger partial charge in [-0.3, -0.25) is 0 Å². The second kappa shape index (κ2) is 7.59. The van der Waals surface area contributed by atoms with Gasteiger partial charge in [0.15, 0.2) is 0 Å². The second-order valence-electron chi connectivity index (χ2n) is 5.61. The van der Waals surface area contributed by atoms with Crippen molar-refractivity contribution in [1.29, 1.82) is 0 Å². The summed E-state index contributed by atoms with van der Waals surface area (Å²) in [6, 6.07) is 8.55. The molecule has 4 nitrogen and oxygen atoms in total. The number of methoxy groups -OCH3 is 1. The summed E-state index contributed by atoms with van der Waals surface area (Å²) in [5.74, 6) is 0.896. The van der Waals surface area contributed by atoms with E-state index in [0.717, 1.165) is 23.3 Å². The lowest BCUT2D eigenvalue weighted by molar-refractivity contribution is -0.00628. The molecule has 0 fully saturated rings. The molecular formula is C17H25NO3. The third-order valence-corrected chi connectivity index (χ3v) is 3.37. The van der Waals surface area contributed by atoms with Crippen molar-refractivity contribution in [1.82, 2.24) is 5.32 Å². The molecule has 1 N–H and O–H groups in total. The van der Waals surface area contributed by atoms with Gasteiger partial charge in [0.2, 0.25) is 0 Å². The van der Waals surface area contributed by atoms with E-state index in [-0.39, 0.29) is 6.10 Å². The number of furan rings is 1. The molecular weight excluding hydrogens is 266 g/mol. The predicted octanol–water partition coefficient (Wildman–Crippen LogP) is 3.48. The van der Waals surface area contributed by atoms with E-state index in [1.54, 1.807) is 7.11 Å². The van der Waals surface area contributed by atoms with E-state index >= 15 is 0 Å². The van der Waals surface area contributed by atoms with Crippen molar-refractivity contribution in [2.75, 3.05) is 13.7 Å². The van der Waals surface area contributed by atoms with E-state index in [1.165, 1.54) is 5.56 Å². The highest BCUT2D eigenvalue weighted by Gasteiger charge is 2.15. The molecule has 1 aromatic carbocycles. The number of para-hydroxylation sites is 1. The van der Waals surface area contributed by atoms with Gasteiger partial charge in [-0.2, -0.15) is 0 Å². The van der Waals surface area contributed by atoms with Crippen molar-refractivity contribution in [2.45, 2.75) is 46.1 Å². The van der Waals surface area contributed by atoms with Crippen LogP contribution in [0.2, 0.25) is 0 Å². The lowest BCUT2D eigenvalue weighted by Crippen LogP contribution is -2.22. The minimum atomic E-state index is 0.0501. The van der Waals surface area contributed by atoms with Gasteiger partial charge >= 0.3 is 0 Å². The van der Waals surface area contributed by atoms with Crippen LogP contribution in [-0.4, -0.2) is 25.9 Å². The van der Waals surface area contributed by atoms with Crippen LogP contribution in [0, 0.1) is 0 Å². The zero-order valence-electron chi connectivity index (χ0n) is 13.3. The van der Waals surface area contributed by atoms with E-state index < -0.39 is 0 Å². The van der Waals surface area contributed by atoms with Crippen molar-refractivity contribution < 1.29 is 13.9 Å². The Labute approximate surface area is 126 Å².